The quantitative estimate of drug-likeness (QED) is 0.727. The number of urea groups is 1. The Kier molecular flexibility index (Phi) is 6.42. The summed E-state index contributed by atoms with van der Waals surface area (Å²) in [6.45, 7) is 2.64. The molecule has 1 saturated heterocycles. The number of amides is 4. The monoisotopic (exact) mass is 337 g/mol. The Morgan fingerprint density at radius 1 is 1.12 bits per heavy atom. The van der Waals surface area contributed by atoms with Crippen molar-refractivity contribution in [2.75, 3.05) is 25.0 Å². The van der Waals surface area contributed by atoms with Crippen molar-refractivity contribution in [2.45, 2.75) is 13.3 Å². The number of likely N-dealkylation sites (N-methyl/N-ethyl adjacent to an activating group) is 1. The zero-order valence-corrected chi connectivity index (χ0v) is 13.1. The van der Waals surface area contributed by atoms with Gasteiger partial charge in [-0.3, -0.25) is 19.3 Å². The van der Waals surface area contributed by atoms with Crippen LogP contribution in [-0.4, -0.2) is 63.8 Å². The van der Waals surface area contributed by atoms with Gasteiger partial charge >= 0.3 is 23.8 Å². The van der Waals surface area contributed by atoms with Crippen LogP contribution < -0.4 is 5.32 Å². The van der Waals surface area contributed by atoms with E-state index in [2.05, 4.69) is 5.32 Å². The largest absolute Gasteiger partial charge is 0.481 e. The summed E-state index contributed by atoms with van der Waals surface area (Å²) >= 11 is 0. The van der Waals surface area contributed by atoms with E-state index in [1.165, 1.54) is 4.90 Å². The second-order valence-corrected chi connectivity index (χ2v) is 5.04. The van der Waals surface area contributed by atoms with Crippen LogP contribution in [0.2, 0.25) is 0 Å². The van der Waals surface area contributed by atoms with Crippen molar-refractivity contribution in [3.8, 4) is 0 Å². The number of piperazine rings is 1. The van der Waals surface area contributed by atoms with Gasteiger partial charge in [0, 0.05) is 25.3 Å². The topological polar surface area (TPSA) is 139 Å². The van der Waals surface area contributed by atoms with Gasteiger partial charge in [0.25, 0.3) is 0 Å². The number of carbonyl (C=O) groups is 4. The van der Waals surface area contributed by atoms with E-state index in [4.69, 9.17) is 5.11 Å². The zero-order valence-electron chi connectivity index (χ0n) is 13.1. The maximum Gasteiger partial charge on any atom is 0.329 e. The molecule has 0 aromatic heterocycles. The molecule has 1 heterocycles. The van der Waals surface area contributed by atoms with Crippen LogP contribution in [0.25, 0.3) is 0 Å². The highest BCUT2D eigenvalue weighted by Crippen LogP contribution is 2.13. The highest BCUT2D eigenvalue weighted by Gasteiger charge is 2.35. The Morgan fingerprint density at radius 3 is 2.29 bits per heavy atom. The van der Waals surface area contributed by atoms with E-state index in [1.807, 2.05) is 0 Å². The van der Waals surface area contributed by atoms with Crippen molar-refractivity contribution in [3.05, 3.63) is 29.8 Å². The van der Waals surface area contributed by atoms with Crippen LogP contribution in [0.1, 0.15) is 12.5 Å². The molecule has 0 spiro atoms. The minimum atomic E-state index is -0.945. The van der Waals surface area contributed by atoms with E-state index in [1.54, 1.807) is 31.2 Å². The van der Waals surface area contributed by atoms with Gasteiger partial charge in [0.15, 0.2) is 0 Å². The zero-order chi connectivity index (χ0) is 17.0. The summed E-state index contributed by atoms with van der Waals surface area (Å²) in [5, 5.41) is 11.2. The van der Waals surface area contributed by atoms with E-state index in [-0.39, 0.29) is 18.4 Å². The van der Waals surface area contributed by atoms with Crippen LogP contribution in [0.5, 0.6) is 0 Å². The van der Waals surface area contributed by atoms with Gasteiger partial charge in [0.1, 0.15) is 0 Å². The van der Waals surface area contributed by atoms with Crippen LogP contribution in [0, 0.1) is 0 Å². The molecule has 9 heteroatoms. The lowest BCUT2D eigenvalue weighted by Gasteiger charge is -2.31. The van der Waals surface area contributed by atoms with Crippen LogP contribution in [0.4, 0.5) is 10.5 Å². The molecule has 4 amide bonds. The molecule has 2 rings (SSSR count). The summed E-state index contributed by atoms with van der Waals surface area (Å²) in [4.78, 5) is 48.7. The third-order valence-corrected chi connectivity index (χ3v) is 3.50. The van der Waals surface area contributed by atoms with Crippen molar-refractivity contribution in [1.82, 2.24) is 9.80 Å². The van der Waals surface area contributed by atoms with Crippen LogP contribution in [0.15, 0.2) is 24.3 Å². The Hall–Kier alpha value is -2.94. The standard InChI is InChI=1S/C15H17N3O5.H2O/c1-2-17-7-8-18(14(22)13(17)21)15(23)16-11-5-3-10(4-6-11)9-12(19)20;/h3-6H,2,7-9H2,1H3,(H,16,23)(H,19,20);1H2. The molecule has 1 aliphatic rings. The molecule has 0 aliphatic carbocycles. The van der Waals surface area contributed by atoms with Crippen molar-refractivity contribution < 1.29 is 29.8 Å². The minimum absolute atomic E-state index is 0. The summed E-state index contributed by atoms with van der Waals surface area (Å²) in [6.07, 6.45) is -0.111. The number of imide groups is 1. The van der Waals surface area contributed by atoms with E-state index < -0.39 is 23.8 Å². The molecule has 0 bridgehead atoms. The molecule has 9 nitrogen and oxygen atoms in total. The van der Waals surface area contributed by atoms with Crippen LogP contribution >= 0.6 is 0 Å². The number of hydrogen-bond acceptors (Lipinski definition) is 4. The summed E-state index contributed by atoms with van der Waals surface area (Å²) < 4.78 is 0. The second-order valence-electron chi connectivity index (χ2n) is 5.04. The van der Waals surface area contributed by atoms with E-state index in [9.17, 15) is 19.2 Å². The molecule has 1 aromatic carbocycles. The first kappa shape index (κ1) is 19.1. The Labute approximate surface area is 138 Å². The highest BCUT2D eigenvalue weighted by atomic mass is 16.4. The molecular formula is C15H19N3O6. The second kappa shape index (κ2) is 8.06. The SMILES string of the molecule is CCN1CCN(C(=O)Nc2ccc(CC(=O)O)cc2)C(=O)C1=O.O. The molecule has 1 aliphatic heterocycles. The van der Waals surface area contributed by atoms with Gasteiger partial charge in [-0.25, -0.2) is 4.79 Å². The van der Waals surface area contributed by atoms with Gasteiger partial charge in [-0.05, 0) is 24.6 Å². The number of anilines is 1. The average Bonchev–Trinajstić information content (AvgIpc) is 2.51. The van der Waals surface area contributed by atoms with E-state index in [0.717, 1.165) is 4.90 Å². The van der Waals surface area contributed by atoms with Gasteiger partial charge in [-0.15, -0.1) is 0 Å². The van der Waals surface area contributed by atoms with Gasteiger partial charge in [0.2, 0.25) is 0 Å². The van der Waals surface area contributed by atoms with Gasteiger partial charge < -0.3 is 20.8 Å². The number of hydrogen-bond donors (Lipinski definition) is 2. The molecular weight excluding hydrogens is 318 g/mol. The number of nitrogens with zero attached hydrogens (tertiary/aromatic N) is 2. The van der Waals surface area contributed by atoms with Crippen molar-refractivity contribution >= 4 is 29.5 Å². The summed E-state index contributed by atoms with van der Waals surface area (Å²) in [6, 6.07) is 5.57. The molecule has 4 N–H and O–H groups in total. The first-order valence-electron chi connectivity index (χ1n) is 7.15. The third kappa shape index (κ3) is 4.29. The molecule has 0 unspecified atom stereocenters. The predicted molar refractivity (Wildman–Crippen MR) is 84.4 cm³/mol. The molecule has 24 heavy (non-hydrogen) atoms. The lowest BCUT2D eigenvalue weighted by molar-refractivity contribution is -0.153. The number of rotatable bonds is 4. The first-order chi connectivity index (χ1) is 10.9. The molecule has 0 atom stereocenters. The average molecular weight is 337 g/mol. The Morgan fingerprint density at radius 2 is 1.75 bits per heavy atom. The lowest BCUT2D eigenvalue weighted by atomic mass is 10.1. The first-order valence-corrected chi connectivity index (χ1v) is 7.15. The van der Waals surface area contributed by atoms with Crippen LogP contribution in [0.3, 0.4) is 0 Å². The number of aliphatic carboxylic acids is 1. The minimum Gasteiger partial charge on any atom is -0.481 e. The maximum absolute atomic E-state index is 12.1. The third-order valence-electron chi connectivity index (χ3n) is 3.50. The summed E-state index contributed by atoms with van der Waals surface area (Å²) in [5.41, 5.74) is 1.01. The fourth-order valence-corrected chi connectivity index (χ4v) is 2.24. The summed E-state index contributed by atoms with van der Waals surface area (Å²) in [7, 11) is 0. The van der Waals surface area contributed by atoms with Crippen LogP contribution in [-0.2, 0) is 20.8 Å². The molecule has 0 saturated carbocycles. The van der Waals surface area contributed by atoms with E-state index >= 15 is 0 Å². The van der Waals surface area contributed by atoms with Crippen molar-refractivity contribution in [1.29, 1.82) is 0 Å². The summed E-state index contributed by atoms with van der Waals surface area (Å²) in [5.74, 6) is -2.48. The highest BCUT2D eigenvalue weighted by molar-refractivity contribution is 6.38. The number of carboxylic acids is 1. The fourth-order valence-electron chi connectivity index (χ4n) is 2.24. The Bertz CT molecular complexity index is 643. The number of carboxylic acid groups (broad SMARTS) is 1. The molecule has 1 aromatic rings. The normalized spacial score (nSPS) is 14.2. The number of nitrogens with one attached hydrogen (secondary N) is 1. The maximum atomic E-state index is 12.1. The van der Waals surface area contributed by atoms with Crippen molar-refractivity contribution in [3.63, 3.8) is 0 Å². The molecule has 0 radical (unpaired) electrons. The van der Waals surface area contributed by atoms with Crippen molar-refractivity contribution in [2.24, 2.45) is 0 Å². The molecule has 1 fully saturated rings. The molecule has 130 valence electrons. The van der Waals surface area contributed by atoms with E-state index in [0.29, 0.717) is 24.3 Å². The smallest absolute Gasteiger partial charge is 0.329 e. The number of carbonyl (C=O) groups excluding carboxylic acids is 3. The number of benzene rings is 1. The Balaban J connectivity index is 0.00000288. The van der Waals surface area contributed by atoms with Gasteiger partial charge in [-0.1, -0.05) is 12.1 Å². The lowest BCUT2D eigenvalue weighted by Crippen LogP contribution is -2.56. The van der Waals surface area contributed by atoms with Gasteiger partial charge in [0.05, 0.1) is 6.42 Å². The predicted octanol–water partition coefficient (Wildman–Crippen LogP) is -0.288. The fraction of sp³-hybridized carbons (Fsp3) is 0.333. The van der Waals surface area contributed by atoms with Gasteiger partial charge in [-0.2, -0.15) is 0 Å².